The Morgan fingerprint density at radius 1 is 1.33 bits per heavy atom. The Morgan fingerprint density at radius 2 is 2.22 bits per heavy atom. The lowest BCUT2D eigenvalue weighted by molar-refractivity contribution is 0.131. The van der Waals surface area contributed by atoms with Crippen LogP contribution in [0.25, 0.3) is 11.3 Å². The predicted molar refractivity (Wildman–Crippen MR) is 70.1 cm³/mol. The van der Waals surface area contributed by atoms with Crippen molar-refractivity contribution >= 4 is 0 Å². The van der Waals surface area contributed by atoms with Crippen LogP contribution in [0.2, 0.25) is 0 Å². The molecule has 1 aliphatic heterocycles. The van der Waals surface area contributed by atoms with Gasteiger partial charge in [0, 0.05) is 5.56 Å². The van der Waals surface area contributed by atoms with Gasteiger partial charge in [-0.3, -0.25) is 0 Å². The fourth-order valence-electron chi connectivity index (χ4n) is 4.47. The Balaban J connectivity index is 1.72. The van der Waals surface area contributed by atoms with E-state index in [4.69, 9.17) is 0 Å². The maximum atomic E-state index is 4.36. The predicted octanol–water partition coefficient (Wildman–Crippen LogP) is 3.50. The summed E-state index contributed by atoms with van der Waals surface area (Å²) in [6, 6.07) is 9.42. The molecule has 2 aromatic rings. The molecule has 2 aliphatic carbocycles. The molecule has 2 heteroatoms. The smallest absolute Gasteiger partial charge is 0.0956 e. The maximum absolute atomic E-state index is 4.36. The second kappa shape index (κ2) is 2.71. The average molecular weight is 236 g/mol. The minimum absolute atomic E-state index is 0.544. The topological polar surface area (TPSA) is 17.8 Å². The summed E-state index contributed by atoms with van der Waals surface area (Å²) in [5.74, 6) is 1.83. The highest BCUT2D eigenvalue weighted by molar-refractivity contribution is 5.69. The molecule has 0 amide bonds. The minimum atomic E-state index is 0.544. The van der Waals surface area contributed by atoms with Gasteiger partial charge in [0.15, 0.2) is 0 Å². The van der Waals surface area contributed by atoms with E-state index < -0.39 is 0 Å². The highest BCUT2D eigenvalue weighted by atomic mass is 15.1. The first-order valence-corrected chi connectivity index (χ1v) is 6.90. The van der Waals surface area contributed by atoms with E-state index in [-0.39, 0.29) is 0 Å². The van der Waals surface area contributed by atoms with Gasteiger partial charge in [-0.15, -0.1) is 0 Å². The van der Waals surface area contributed by atoms with Crippen LogP contribution in [-0.2, 0) is 0 Å². The van der Waals surface area contributed by atoms with Crippen LogP contribution in [0.1, 0.15) is 31.4 Å². The molecule has 18 heavy (non-hydrogen) atoms. The van der Waals surface area contributed by atoms with Gasteiger partial charge in [0.05, 0.1) is 24.3 Å². The van der Waals surface area contributed by atoms with Gasteiger partial charge in [-0.25, -0.2) is 4.98 Å². The third-order valence-electron chi connectivity index (χ3n) is 5.75. The molecule has 2 nitrogen and oxygen atoms in total. The fraction of sp³-hybridized carbons (Fsp3) is 0.438. The lowest BCUT2D eigenvalue weighted by atomic mass is 9.68. The number of hydrogen-bond acceptors (Lipinski definition) is 1. The number of fused-ring (bicyclic) bond motifs is 4. The van der Waals surface area contributed by atoms with Crippen LogP contribution < -0.4 is 0 Å². The van der Waals surface area contributed by atoms with Gasteiger partial charge in [-0.2, -0.15) is 0 Å². The van der Waals surface area contributed by atoms with Crippen LogP contribution in [0.5, 0.6) is 0 Å². The number of hydrogen-bond donors (Lipinski definition) is 0. The Morgan fingerprint density at radius 3 is 3.00 bits per heavy atom. The van der Waals surface area contributed by atoms with Crippen molar-refractivity contribution in [2.24, 2.45) is 17.3 Å². The summed E-state index contributed by atoms with van der Waals surface area (Å²) < 4.78 is 2.41. The van der Waals surface area contributed by atoms with Crippen molar-refractivity contribution in [1.29, 1.82) is 0 Å². The minimum Gasteiger partial charge on any atom is -0.323 e. The van der Waals surface area contributed by atoms with E-state index >= 15 is 0 Å². The lowest BCUT2D eigenvalue weighted by Crippen LogP contribution is -2.33. The number of nitrogens with zero attached hydrogens (tertiary/aromatic N) is 2. The summed E-state index contributed by atoms with van der Waals surface area (Å²) in [5, 5.41) is 0. The number of rotatable bonds is 1. The molecule has 0 spiro atoms. The third-order valence-corrected chi connectivity index (χ3v) is 5.75. The standard InChI is InChI=1S/C16H16N2/c1-16-7-10(16)6-13(16)15-12-5-3-2-4-11(12)14-8-17-9-18(14)15/h2-5,8-10,13,15H,6-7H2,1H3/t10?,13-,15+,16+/m0/s1. The molecule has 1 aromatic carbocycles. The van der Waals surface area contributed by atoms with Crippen molar-refractivity contribution in [3.8, 4) is 11.3 Å². The largest absolute Gasteiger partial charge is 0.323 e. The molecule has 90 valence electrons. The molecule has 4 atom stereocenters. The van der Waals surface area contributed by atoms with Crippen LogP contribution in [0.15, 0.2) is 36.8 Å². The summed E-state index contributed by atoms with van der Waals surface area (Å²) in [7, 11) is 0. The van der Waals surface area contributed by atoms with Crippen LogP contribution in [0.4, 0.5) is 0 Å². The zero-order valence-electron chi connectivity index (χ0n) is 10.5. The van der Waals surface area contributed by atoms with Crippen molar-refractivity contribution in [2.45, 2.75) is 25.8 Å². The fourth-order valence-corrected chi connectivity index (χ4v) is 4.47. The number of aromatic nitrogens is 2. The Bertz CT molecular complexity index is 657. The SMILES string of the molecule is C[C@@]12CC1C[C@H]2[C@H]1c2ccccc2-c2cncn21. The van der Waals surface area contributed by atoms with Gasteiger partial charge < -0.3 is 4.57 Å². The number of imidazole rings is 1. The quantitative estimate of drug-likeness (QED) is 0.741. The first-order valence-electron chi connectivity index (χ1n) is 6.90. The van der Waals surface area contributed by atoms with Crippen LogP contribution in [-0.4, -0.2) is 9.55 Å². The molecule has 3 aliphatic rings. The van der Waals surface area contributed by atoms with Crippen molar-refractivity contribution in [1.82, 2.24) is 9.55 Å². The van der Waals surface area contributed by atoms with Gasteiger partial charge >= 0.3 is 0 Å². The molecule has 1 aromatic heterocycles. The molecular weight excluding hydrogens is 220 g/mol. The summed E-state index contributed by atoms with van der Waals surface area (Å²) >= 11 is 0. The average Bonchev–Trinajstić information content (AvgIpc) is 2.78. The van der Waals surface area contributed by atoms with E-state index in [2.05, 4.69) is 40.7 Å². The van der Waals surface area contributed by atoms with Gasteiger partial charge in [0.25, 0.3) is 0 Å². The molecule has 0 bridgehead atoms. The second-order valence-electron chi connectivity index (χ2n) is 6.47. The van der Waals surface area contributed by atoms with E-state index in [0.29, 0.717) is 11.5 Å². The molecule has 1 unspecified atom stereocenters. The second-order valence-corrected chi connectivity index (χ2v) is 6.47. The summed E-state index contributed by atoms with van der Waals surface area (Å²) in [5.41, 5.74) is 4.85. The van der Waals surface area contributed by atoms with Crippen LogP contribution in [0, 0.1) is 17.3 Å². The molecule has 0 saturated heterocycles. The number of benzene rings is 1. The maximum Gasteiger partial charge on any atom is 0.0956 e. The van der Waals surface area contributed by atoms with Crippen molar-refractivity contribution in [2.75, 3.05) is 0 Å². The van der Waals surface area contributed by atoms with E-state index in [9.17, 15) is 0 Å². The molecule has 2 saturated carbocycles. The van der Waals surface area contributed by atoms with E-state index in [0.717, 1.165) is 11.8 Å². The van der Waals surface area contributed by atoms with Crippen molar-refractivity contribution in [3.63, 3.8) is 0 Å². The zero-order valence-corrected chi connectivity index (χ0v) is 10.5. The zero-order chi connectivity index (χ0) is 11.9. The van der Waals surface area contributed by atoms with E-state index in [1.165, 1.54) is 29.7 Å². The molecule has 2 heterocycles. The van der Waals surface area contributed by atoms with E-state index in [1.54, 1.807) is 0 Å². The van der Waals surface area contributed by atoms with Crippen molar-refractivity contribution < 1.29 is 0 Å². The van der Waals surface area contributed by atoms with Gasteiger partial charge in [-0.05, 0) is 35.7 Å². The molecular formula is C16H16N2. The van der Waals surface area contributed by atoms with Crippen molar-refractivity contribution in [3.05, 3.63) is 42.4 Å². The Kier molecular flexibility index (Phi) is 1.41. The highest BCUT2D eigenvalue weighted by Crippen LogP contribution is 2.74. The van der Waals surface area contributed by atoms with Crippen LogP contribution in [0.3, 0.4) is 0 Å². The summed E-state index contributed by atoms with van der Waals surface area (Å²) in [4.78, 5) is 4.36. The molecule has 0 N–H and O–H groups in total. The highest BCUT2D eigenvalue weighted by Gasteiger charge is 2.67. The van der Waals surface area contributed by atoms with E-state index in [1.807, 2.05) is 12.5 Å². The van der Waals surface area contributed by atoms with Gasteiger partial charge in [-0.1, -0.05) is 31.2 Å². The normalized spacial score (nSPS) is 38.6. The lowest BCUT2D eigenvalue weighted by Gasteiger charge is -2.39. The van der Waals surface area contributed by atoms with Gasteiger partial charge in [0.1, 0.15) is 0 Å². The van der Waals surface area contributed by atoms with Crippen LogP contribution >= 0.6 is 0 Å². The molecule has 2 fully saturated rings. The molecule has 0 radical (unpaired) electrons. The Labute approximate surface area is 107 Å². The summed E-state index contributed by atoms with van der Waals surface area (Å²) in [6.45, 7) is 2.48. The first kappa shape index (κ1) is 9.37. The third kappa shape index (κ3) is 0.878. The van der Waals surface area contributed by atoms with Gasteiger partial charge in [0.2, 0.25) is 0 Å². The molecule has 5 rings (SSSR count). The summed E-state index contributed by atoms with van der Waals surface area (Å²) in [6.07, 6.45) is 6.90. The Hall–Kier alpha value is -1.57. The monoisotopic (exact) mass is 236 g/mol. The first-order chi connectivity index (χ1) is 8.79.